The first-order chi connectivity index (χ1) is 38.7. The number of aliphatic hydroxyl groups is 3. The van der Waals surface area contributed by atoms with Crippen LogP contribution in [0.15, 0.2) is 83.5 Å². The molecule has 2 aliphatic carbocycles. The Morgan fingerprint density at radius 1 is 0.951 bits per heavy atom. The zero-order valence-electron chi connectivity index (χ0n) is 47.2. The summed E-state index contributed by atoms with van der Waals surface area (Å²) < 4.78 is 12.5. The van der Waals surface area contributed by atoms with E-state index < -0.39 is 86.5 Å². The van der Waals surface area contributed by atoms with Crippen LogP contribution in [0, 0.1) is 17.3 Å². The number of fused-ring (bicyclic) bond motifs is 5. The Morgan fingerprint density at radius 2 is 1.70 bits per heavy atom. The summed E-state index contributed by atoms with van der Waals surface area (Å²) in [5, 5.41) is 52.3. The summed E-state index contributed by atoms with van der Waals surface area (Å²) in [5.74, 6) is -4.38. The Morgan fingerprint density at radius 3 is 2.40 bits per heavy atom. The number of rotatable bonds is 15. The number of carbonyl (C=O) groups excluding carboxylic acids is 5. The summed E-state index contributed by atoms with van der Waals surface area (Å²) in [5.41, 5.74) is 3.22. The number of amides is 3. The van der Waals surface area contributed by atoms with Crippen LogP contribution in [0.1, 0.15) is 107 Å². The molecule has 6 aliphatic heterocycles. The van der Waals surface area contributed by atoms with E-state index in [2.05, 4.69) is 38.5 Å². The highest BCUT2D eigenvalue weighted by atomic mass is 32.2. The molecule has 81 heavy (non-hydrogen) atoms. The van der Waals surface area contributed by atoms with Gasteiger partial charge < -0.3 is 39.6 Å². The van der Waals surface area contributed by atoms with E-state index in [-0.39, 0.29) is 30.3 Å². The molecule has 18 nitrogen and oxygen atoms in total. The molecule has 1 saturated carbocycles. The number of aliphatic hydroxyl groups excluding tert-OH is 1. The number of aliphatic carboxylic acids is 1. The van der Waals surface area contributed by atoms with E-state index in [4.69, 9.17) is 9.47 Å². The molecule has 3 amide bonds. The number of carbonyl (C=O) groups is 6. The van der Waals surface area contributed by atoms with E-state index in [1.165, 1.54) is 14.0 Å². The fourth-order valence-electron chi connectivity index (χ4n) is 16.3. The Bertz CT molecular complexity index is 3220. The number of benzene rings is 3. The van der Waals surface area contributed by atoms with Crippen molar-refractivity contribution in [3.05, 3.63) is 106 Å². The lowest BCUT2D eigenvalue weighted by Gasteiger charge is -2.63. The lowest BCUT2D eigenvalue weighted by molar-refractivity contribution is -0.203. The van der Waals surface area contributed by atoms with Gasteiger partial charge in [-0.2, -0.15) is 5.10 Å². The first-order valence-corrected chi connectivity index (χ1v) is 29.5. The number of hydrazone groups is 1. The minimum atomic E-state index is -2.50. The molecule has 3 aromatic carbocycles. The number of hydrogen-bond acceptors (Lipinski definition) is 16. The molecule has 12 atom stereocenters. The zero-order chi connectivity index (χ0) is 57.7. The number of carboxylic acid groups (broad SMARTS) is 1. The molecule has 4 fully saturated rings. The first kappa shape index (κ1) is 56.6. The van der Waals surface area contributed by atoms with E-state index in [1.807, 2.05) is 56.1 Å². The van der Waals surface area contributed by atoms with Crippen molar-refractivity contribution in [1.29, 1.82) is 0 Å². The summed E-state index contributed by atoms with van der Waals surface area (Å²) in [7, 11) is 4.87. The van der Waals surface area contributed by atoms with E-state index in [9.17, 15) is 39.6 Å². The average Bonchev–Trinajstić information content (AvgIpc) is 2.30. The van der Waals surface area contributed by atoms with Gasteiger partial charge in [0.1, 0.15) is 23.1 Å². The fourth-order valence-corrected chi connectivity index (χ4v) is 17.6. The average molecular weight is 1130 g/mol. The van der Waals surface area contributed by atoms with E-state index >= 15 is 9.59 Å². The molecule has 0 aromatic heterocycles. The molecule has 2 bridgehead atoms. The lowest BCUT2D eigenvalue weighted by atomic mass is 9.47. The number of anilines is 2. The summed E-state index contributed by atoms with van der Waals surface area (Å²) in [6, 6.07) is 17.4. The van der Waals surface area contributed by atoms with Crippen molar-refractivity contribution in [2.75, 3.05) is 69.5 Å². The quantitative estimate of drug-likeness (QED) is 0.0434. The predicted octanol–water partition coefficient (Wildman–Crippen LogP) is 5.16. The van der Waals surface area contributed by atoms with Crippen LogP contribution in [0.5, 0.6) is 5.75 Å². The van der Waals surface area contributed by atoms with Crippen LogP contribution in [-0.4, -0.2) is 166 Å². The van der Waals surface area contributed by atoms with Gasteiger partial charge in [0.25, 0.3) is 5.91 Å². The molecule has 0 radical (unpaired) electrons. The minimum Gasteiger partial charge on any atom is -0.496 e. The normalized spacial score (nSPS) is 33.4. The molecule has 5 N–H and O–H groups in total. The van der Waals surface area contributed by atoms with Gasteiger partial charge >= 0.3 is 11.9 Å². The summed E-state index contributed by atoms with van der Waals surface area (Å²) in [6.07, 6.45) is 5.50. The topological polar surface area (TPSA) is 239 Å². The molecule has 8 aliphatic rings. The molecule has 1 spiro atoms. The molecule has 19 heteroatoms. The maximum absolute atomic E-state index is 15.6. The second kappa shape index (κ2) is 20.9. The van der Waals surface area contributed by atoms with Crippen LogP contribution in [-0.2, 0) is 50.8 Å². The second-order valence-corrected chi connectivity index (χ2v) is 25.3. The molecular weight excluding hydrogens is 1050 g/mol. The molecule has 430 valence electrons. The highest BCUT2D eigenvalue weighted by molar-refractivity contribution is 8.00. The number of ether oxygens (including phenoxy) is 2. The minimum absolute atomic E-state index is 0.00640. The van der Waals surface area contributed by atoms with Crippen LogP contribution in [0.3, 0.4) is 0 Å². The standard InChI is InChI=1S/C62H74N6O12S/c1-8-58(77)30-37-31-61(57(76)80-7,44-26-39-13-10-11-14-42(39)43(44)19-23-66(32-37)34-58)46-27-45-47(28-48(46)79-6)65(5)54-60(45)21-24-67-22-12-20-59(9-2,53(60)67)55(74)62(54,78)56(75)64-63-36(4)38-15-17-41(18-16-38)68-50(70)29-49(51(68)71)81-33-40(52(72)73)25-35(3)69/h10-18,20,27-28,37,40,49,53-55,74,77-78H,8-9,19,21-26,29-34H2,1-7H3,(H,64,75)(H,72,73)/b63-36-/t37?,40-,49?,53-,54+,55+,58-,59+,60+,61+,62-/m0/s1. The van der Waals surface area contributed by atoms with Crippen molar-refractivity contribution in [3.63, 3.8) is 0 Å². The fraction of sp³-hybridized carbons (Fsp3) is 0.532. The van der Waals surface area contributed by atoms with Crippen LogP contribution in [0.25, 0.3) is 5.57 Å². The van der Waals surface area contributed by atoms with Crippen LogP contribution < -0.4 is 20.0 Å². The number of hydrogen-bond donors (Lipinski definition) is 5. The number of ketones is 1. The van der Waals surface area contributed by atoms with Crippen molar-refractivity contribution in [1.82, 2.24) is 15.2 Å². The van der Waals surface area contributed by atoms with Gasteiger partial charge in [0.2, 0.25) is 11.8 Å². The van der Waals surface area contributed by atoms with Gasteiger partial charge in [-0.05, 0) is 123 Å². The Hall–Kier alpha value is -6.22. The number of esters is 1. The van der Waals surface area contributed by atoms with Gasteiger partial charge in [0.05, 0.1) is 48.4 Å². The smallest absolute Gasteiger partial charge is 0.320 e. The Labute approximate surface area is 476 Å². The highest BCUT2D eigenvalue weighted by Crippen LogP contribution is 2.68. The molecule has 3 aromatic rings. The Kier molecular flexibility index (Phi) is 14.6. The highest BCUT2D eigenvalue weighted by Gasteiger charge is 2.79. The van der Waals surface area contributed by atoms with Gasteiger partial charge in [-0.15, -0.1) is 11.8 Å². The number of nitrogens with one attached hydrogen (secondary N) is 1. The number of carboxylic acids is 1. The number of imide groups is 1. The number of likely N-dealkylation sites (N-methyl/N-ethyl adjacent to an activating group) is 1. The summed E-state index contributed by atoms with van der Waals surface area (Å²) >= 11 is 1.05. The second-order valence-electron chi connectivity index (χ2n) is 24.1. The molecule has 3 unspecified atom stereocenters. The van der Waals surface area contributed by atoms with Gasteiger partial charge in [-0.1, -0.05) is 62.4 Å². The number of methoxy groups -OCH3 is 2. The van der Waals surface area contributed by atoms with Gasteiger partial charge in [-0.3, -0.25) is 33.8 Å². The maximum atomic E-state index is 15.6. The number of Topliss-reactive ketones (excluding diaryl/α,β-unsaturated/α-hetero) is 1. The SMILES string of the molecule is CC[C@]1(O)CC2CN(CCC3=C(Cc4ccccc43)[C@@](C(=O)OC)(c3cc4c(cc3OC)N(C)[C@H]3[C@@](O)(C(=O)N/N=C(/C)c5ccc(N6C(=O)CC(SC[C@H](CC(C)=O)C(=O)O)C6=O)cc5)[C@H](O)[C@]5(CC)C=CCN6CC[C@]43[C@@H]65)C2)C1. The van der Waals surface area contributed by atoms with Crippen molar-refractivity contribution in [3.8, 4) is 5.75 Å². The van der Waals surface area contributed by atoms with E-state index in [0.717, 1.165) is 44.5 Å². The van der Waals surface area contributed by atoms with E-state index in [1.54, 1.807) is 38.3 Å². The van der Waals surface area contributed by atoms with Crippen LogP contribution >= 0.6 is 11.8 Å². The third kappa shape index (κ3) is 8.64. The van der Waals surface area contributed by atoms with Gasteiger partial charge in [0, 0.05) is 86.0 Å². The van der Waals surface area contributed by atoms with Crippen LogP contribution in [0.2, 0.25) is 0 Å². The molecule has 11 rings (SSSR count). The van der Waals surface area contributed by atoms with Crippen molar-refractivity contribution >= 4 is 69.9 Å². The molecular formula is C62H74N6O12S. The van der Waals surface area contributed by atoms with Crippen LogP contribution in [0.4, 0.5) is 11.4 Å². The predicted molar refractivity (Wildman–Crippen MR) is 306 cm³/mol. The van der Waals surface area contributed by atoms with Crippen molar-refractivity contribution < 1.29 is 58.7 Å². The van der Waals surface area contributed by atoms with E-state index in [0.29, 0.717) is 112 Å². The third-order valence-corrected chi connectivity index (χ3v) is 21.3. The number of piperidine rings is 1. The molecule has 3 saturated heterocycles. The number of thioether (sulfide) groups is 1. The Balaban J connectivity index is 0.972. The lowest BCUT2D eigenvalue weighted by Crippen LogP contribution is -2.81. The first-order valence-electron chi connectivity index (χ1n) is 28.4. The van der Waals surface area contributed by atoms with Gasteiger partial charge in [0.15, 0.2) is 5.60 Å². The molecule has 6 heterocycles. The number of nitrogens with zero attached hydrogens (tertiary/aromatic N) is 5. The van der Waals surface area contributed by atoms with Crippen molar-refractivity contribution in [2.45, 2.75) is 131 Å². The third-order valence-electron chi connectivity index (χ3n) is 19.9. The summed E-state index contributed by atoms with van der Waals surface area (Å²) in [6.45, 7) is 10.1. The van der Waals surface area contributed by atoms with Crippen molar-refractivity contribution in [2.24, 2.45) is 22.4 Å². The summed E-state index contributed by atoms with van der Waals surface area (Å²) in [4.78, 5) is 88.9. The largest absolute Gasteiger partial charge is 0.496 e. The zero-order valence-corrected chi connectivity index (χ0v) is 48.0. The monoisotopic (exact) mass is 1130 g/mol. The van der Waals surface area contributed by atoms with Gasteiger partial charge in [-0.25, -0.2) is 10.3 Å². The maximum Gasteiger partial charge on any atom is 0.320 e.